The lowest BCUT2D eigenvalue weighted by Crippen LogP contribution is -2.01. The summed E-state index contributed by atoms with van der Waals surface area (Å²) in [6.45, 7) is 0. The van der Waals surface area contributed by atoms with Gasteiger partial charge >= 0.3 is 0 Å². The van der Waals surface area contributed by atoms with Gasteiger partial charge in [0.15, 0.2) is 11.6 Å². The molecule has 0 aliphatic heterocycles. The number of benzene rings is 7. The summed E-state index contributed by atoms with van der Waals surface area (Å²) in [5.41, 5.74) is 14.9. The minimum absolute atomic E-state index is 0.119. The molecule has 0 aromatic heterocycles. The Hall–Kier alpha value is -7.32. The van der Waals surface area contributed by atoms with Gasteiger partial charge in [-0.15, -0.1) is 0 Å². The van der Waals surface area contributed by atoms with Crippen LogP contribution in [0, 0.1) is 0 Å². The zero-order valence-electron chi connectivity index (χ0n) is 27.8. The van der Waals surface area contributed by atoms with Crippen LogP contribution in [-0.2, 0) is 0 Å². The van der Waals surface area contributed by atoms with Gasteiger partial charge in [-0.05, 0) is 158 Å². The van der Waals surface area contributed by atoms with Crippen LogP contribution in [0.2, 0.25) is 0 Å². The quantitative estimate of drug-likeness (QED) is 0.0963. The minimum Gasteiger partial charge on any atom is -0.457 e. The van der Waals surface area contributed by atoms with Gasteiger partial charge in [-0.3, -0.25) is 9.59 Å². The molecule has 8 nitrogen and oxygen atoms in total. The molecule has 7 aromatic carbocycles. The smallest absolute Gasteiger partial charge is 0.193 e. The fraction of sp³-hybridized carbons (Fsp3) is 0. The summed E-state index contributed by atoms with van der Waals surface area (Å²) in [6.07, 6.45) is 0. The van der Waals surface area contributed by atoms with Crippen molar-refractivity contribution in [2.24, 2.45) is 0 Å². The van der Waals surface area contributed by atoms with E-state index in [-0.39, 0.29) is 11.6 Å². The second-order valence-electron chi connectivity index (χ2n) is 11.8. The van der Waals surface area contributed by atoms with Gasteiger partial charge in [-0.25, -0.2) is 0 Å². The summed E-state index contributed by atoms with van der Waals surface area (Å²) < 4.78 is 23.7. The Bertz CT molecular complexity index is 2140. The molecule has 4 N–H and O–H groups in total. The second-order valence-corrected chi connectivity index (χ2v) is 11.8. The SMILES string of the molecule is Nc1ccc(Oc2ccc(C(=O)c3ccc(Oc4cccc(Oc5ccc(C(=O)c6ccc(Oc7ccc(N)cc7)cc6)cc5)c4)cc3)cc2)cc1. The van der Waals surface area contributed by atoms with Gasteiger partial charge in [0, 0.05) is 39.7 Å². The third-order valence-electron chi connectivity index (χ3n) is 7.97. The summed E-state index contributed by atoms with van der Waals surface area (Å²) in [5, 5.41) is 0. The normalized spacial score (nSPS) is 10.6. The first-order valence-electron chi connectivity index (χ1n) is 16.4. The standard InChI is InChI=1S/C44H32N2O6/c45-33-12-24-39(25-13-33)49-35-16-4-29(5-17-35)43(47)31-8-20-37(21-9-31)51-41-2-1-3-42(28-41)52-38-22-10-32(11-23-38)44(48)30-6-18-36(19-7-30)50-40-26-14-34(46)15-27-40/h1-28H,45-46H2. The van der Waals surface area contributed by atoms with Gasteiger partial charge in [-0.1, -0.05) is 6.07 Å². The van der Waals surface area contributed by atoms with Crippen LogP contribution in [0.4, 0.5) is 11.4 Å². The third-order valence-corrected chi connectivity index (χ3v) is 7.97. The van der Waals surface area contributed by atoms with Gasteiger partial charge in [0.25, 0.3) is 0 Å². The number of rotatable bonds is 12. The molecule has 0 fully saturated rings. The van der Waals surface area contributed by atoms with Gasteiger partial charge in [0.05, 0.1) is 0 Å². The Labute approximate surface area is 300 Å². The van der Waals surface area contributed by atoms with E-state index in [2.05, 4.69) is 0 Å². The fourth-order valence-electron chi connectivity index (χ4n) is 5.25. The Morgan fingerprint density at radius 2 is 0.538 bits per heavy atom. The predicted octanol–water partition coefficient (Wildman–Crippen LogP) is 10.5. The van der Waals surface area contributed by atoms with Gasteiger partial charge in [-0.2, -0.15) is 0 Å². The molecule has 7 rings (SSSR count). The van der Waals surface area contributed by atoms with E-state index in [4.69, 9.17) is 30.4 Å². The molecule has 0 spiro atoms. The average Bonchev–Trinajstić information content (AvgIpc) is 3.17. The molecular formula is C44H32N2O6. The Balaban J connectivity index is 0.928. The number of nitrogens with two attached hydrogens (primary N) is 2. The molecule has 254 valence electrons. The van der Waals surface area contributed by atoms with Crippen LogP contribution in [0.1, 0.15) is 31.8 Å². The zero-order chi connectivity index (χ0) is 35.9. The predicted molar refractivity (Wildman–Crippen MR) is 201 cm³/mol. The number of carbonyl (C=O) groups excluding carboxylic acids is 2. The summed E-state index contributed by atoms with van der Waals surface area (Å²) in [7, 11) is 0. The van der Waals surface area contributed by atoms with Crippen molar-refractivity contribution in [1.29, 1.82) is 0 Å². The number of hydrogen-bond acceptors (Lipinski definition) is 8. The highest BCUT2D eigenvalue weighted by Crippen LogP contribution is 2.30. The Morgan fingerprint density at radius 1 is 0.308 bits per heavy atom. The maximum absolute atomic E-state index is 13.1. The lowest BCUT2D eigenvalue weighted by atomic mass is 10.0. The van der Waals surface area contributed by atoms with E-state index in [0.717, 1.165) is 0 Å². The maximum atomic E-state index is 13.1. The maximum Gasteiger partial charge on any atom is 0.193 e. The number of ether oxygens (including phenoxy) is 4. The lowest BCUT2D eigenvalue weighted by molar-refractivity contribution is 0.103. The second kappa shape index (κ2) is 15.1. The van der Waals surface area contributed by atoms with Crippen LogP contribution in [0.3, 0.4) is 0 Å². The van der Waals surface area contributed by atoms with Crippen molar-refractivity contribution in [1.82, 2.24) is 0 Å². The molecule has 0 unspecified atom stereocenters. The first-order chi connectivity index (χ1) is 25.3. The minimum atomic E-state index is -0.119. The Kier molecular flexibility index (Phi) is 9.61. The highest BCUT2D eigenvalue weighted by atomic mass is 16.5. The van der Waals surface area contributed by atoms with Crippen LogP contribution in [0.25, 0.3) is 0 Å². The summed E-state index contributed by atoms with van der Waals surface area (Å²) in [4.78, 5) is 26.2. The van der Waals surface area contributed by atoms with Crippen molar-refractivity contribution < 1.29 is 28.5 Å². The van der Waals surface area contributed by atoms with Crippen LogP contribution in [-0.4, -0.2) is 11.6 Å². The lowest BCUT2D eigenvalue weighted by Gasteiger charge is -2.10. The van der Waals surface area contributed by atoms with E-state index in [0.29, 0.717) is 79.6 Å². The van der Waals surface area contributed by atoms with Crippen molar-refractivity contribution >= 4 is 22.9 Å². The molecule has 0 saturated heterocycles. The fourth-order valence-corrected chi connectivity index (χ4v) is 5.25. The number of nitrogen functional groups attached to an aromatic ring is 2. The van der Waals surface area contributed by atoms with E-state index < -0.39 is 0 Å². The van der Waals surface area contributed by atoms with E-state index in [9.17, 15) is 9.59 Å². The van der Waals surface area contributed by atoms with Crippen molar-refractivity contribution in [3.05, 3.63) is 192 Å². The summed E-state index contributed by atoms with van der Waals surface area (Å²) >= 11 is 0. The first-order valence-corrected chi connectivity index (χ1v) is 16.4. The third kappa shape index (κ3) is 8.27. The van der Waals surface area contributed by atoms with Crippen LogP contribution in [0.5, 0.6) is 46.0 Å². The number of ketones is 2. The molecule has 0 saturated carbocycles. The van der Waals surface area contributed by atoms with Crippen molar-refractivity contribution in [3.63, 3.8) is 0 Å². The van der Waals surface area contributed by atoms with E-state index in [1.54, 1.807) is 152 Å². The number of carbonyl (C=O) groups is 2. The van der Waals surface area contributed by atoms with Crippen LogP contribution < -0.4 is 30.4 Å². The molecular weight excluding hydrogens is 652 g/mol. The van der Waals surface area contributed by atoms with Gasteiger partial charge < -0.3 is 30.4 Å². The molecule has 8 heteroatoms. The molecule has 0 radical (unpaired) electrons. The van der Waals surface area contributed by atoms with Crippen molar-refractivity contribution in [2.75, 3.05) is 11.5 Å². The number of hydrogen-bond donors (Lipinski definition) is 2. The Morgan fingerprint density at radius 3 is 0.808 bits per heavy atom. The molecule has 0 aliphatic carbocycles. The molecule has 7 aromatic rings. The summed E-state index contributed by atoms with van der Waals surface area (Å²) in [6, 6.07) is 49.2. The average molecular weight is 685 g/mol. The monoisotopic (exact) mass is 684 g/mol. The van der Waals surface area contributed by atoms with Gasteiger partial charge in [0.2, 0.25) is 0 Å². The van der Waals surface area contributed by atoms with E-state index in [1.165, 1.54) is 0 Å². The largest absolute Gasteiger partial charge is 0.457 e. The van der Waals surface area contributed by atoms with E-state index >= 15 is 0 Å². The zero-order valence-corrected chi connectivity index (χ0v) is 27.8. The van der Waals surface area contributed by atoms with Crippen molar-refractivity contribution in [2.45, 2.75) is 0 Å². The molecule has 0 bridgehead atoms. The highest BCUT2D eigenvalue weighted by Gasteiger charge is 2.12. The van der Waals surface area contributed by atoms with Gasteiger partial charge in [0.1, 0.15) is 46.0 Å². The summed E-state index contributed by atoms with van der Waals surface area (Å²) in [5.74, 6) is 4.55. The molecule has 0 amide bonds. The van der Waals surface area contributed by atoms with Crippen LogP contribution in [0.15, 0.2) is 170 Å². The van der Waals surface area contributed by atoms with Crippen LogP contribution >= 0.6 is 0 Å². The number of anilines is 2. The highest BCUT2D eigenvalue weighted by molar-refractivity contribution is 6.09. The van der Waals surface area contributed by atoms with Crippen molar-refractivity contribution in [3.8, 4) is 46.0 Å². The topological polar surface area (TPSA) is 123 Å². The molecule has 0 atom stereocenters. The first kappa shape index (κ1) is 33.2. The molecule has 0 aliphatic rings. The van der Waals surface area contributed by atoms with E-state index in [1.807, 2.05) is 18.2 Å². The molecule has 52 heavy (non-hydrogen) atoms. The molecule has 0 heterocycles.